The van der Waals surface area contributed by atoms with Crippen molar-refractivity contribution in [1.82, 2.24) is 38.7 Å². The van der Waals surface area contributed by atoms with Crippen molar-refractivity contribution in [2.45, 2.75) is 168 Å². The van der Waals surface area contributed by atoms with Crippen LogP contribution in [-0.4, -0.2) is 194 Å². The molecule has 37 heteroatoms. The van der Waals surface area contributed by atoms with Crippen LogP contribution in [-0.2, 0) is 42.8 Å². The van der Waals surface area contributed by atoms with Crippen molar-refractivity contribution in [2.75, 3.05) is 76.6 Å². The summed E-state index contributed by atoms with van der Waals surface area (Å²) in [6.45, 7) is 27.4. The minimum Gasteiger partial charge on any atom is -0.475 e. The van der Waals surface area contributed by atoms with Crippen LogP contribution in [0.4, 0.5) is 60.0 Å². The molecule has 9 unspecified atom stereocenters. The highest BCUT2D eigenvalue weighted by Gasteiger charge is 2.44. The van der Waals surface area contributed by atoms with Crippen LogP contribution in [0.2, 0.25) is 0 Å². The van der Waals surface area contributed by atoms with Gasteiger partial charge in [-0.1, -0.05) is 118 Å². The SMILES string of the molecule is CC(C)(C)OC(=O)N1CCC(C(O)c2c(F)cccc2Br)C1.CC(C)(C)OC(=O)N1CCC(C(OS(C)(=O)=O)c2c(F)cccc2Br)C1.CC(C)(C)OC(=O)N1CCC(C(c2c(F)cccc2Br)n2ccnc2)C1.CC(C)(C)OC(=O)N1CCC(C=O)C1.Fc1cccc(Br)c1.Fc1cccc2c1C(C1CCN(c3ccccc3)C1)n1cncc1-2.O=C(O)C(F)(F)F. The molecule has 4 amide bonds. The summed E-state index contributed by atoms with van der Waals surface area (Å²) >= 11 is 13.1. The summed E-state index contributed by atoms with van der Waals surface area (Å²) in [5, 5.41) is 17.6. The highest BCUT2D eigenvalue weighted by molar-refractivity contribution is 9.11. The van der Waals surface area contributed by atoms with Crippen LogP contribution >= 0.6 is 63.7 Å². The second-order valence-corrected chi connectivity index (χ2v) is 40.0. The van der Waals surface area contributed by atoms with Crippen LogP contribution in [0.5, 0.6) is 0 Å². The molecule has 6 aliphatic heterocycles. The number of rotatable bonds is 12. The number of fused-ring (bicyclic) bond motifs is 3. The number of ether oxygens (including phenoxy) is 4. The van der Waals surface area contributed by atoms with Crippen molar-refractivity contribution in [3.05, 3.63) is 228 Å². The van der Waals surface area contributed by atoms with Gasteiger partial charge in [0.15, 0.2) is 0 Å². The van der Waals surface area contributed by atoms with E-state index in [4.69, 9.17) is 33.0 Å². The molecule has 6 aliphatic rings. The molecule has 5 fully saturated rings. The molecule has 5 saturated heterocycles. The molecule has 9 atom stereocenters. The first-order chi connectivity index (χ1) is 59.3. The van der Waals surface area contributed by atoms with Crippen molar-refractivity contribution in [2.24, 2.45) is 29.6 Å². The number of nitrogens with zero attached hydrogens (tertiary/aromatic N) is 9. The maximum atomic E-state index is 14.7. The Morgan fingerprint density at radius 3 is 1.42 bits per heavy atom. The summed E-state index contributed by atoms with van der Waals surface area (Å²) in [6, 6.07) is 35.9. The highest BCUT2D eigenvalue weighted by Crippen LogP contribution is 2.48. The molecule has 8 heterocycles. The Morgan fingerprint density at radius 2 is 0.969 bits per heavy atom. The summed E-state index contributed by atoms with van der Waals surface area (Å²) in [6.07, 6.45) is 5.82. The van der Waals surface area contributed by atoms with Crippen molar-refractivity contribution >= 4 is 116 Å². The number of carbonyl (C=O) groups is 6. The summed E-state index contributed by atoms with van der Waals surface area (Å²) in [5.41, 5.74) is 2.91. The average molecular weight is 2060 g/mol. The molecule has 8 aromatic rings. The largest absolute Gasteiger partial charge is 0.490 e. The molecule has 0 aliphatic carbocycles. The van der Waals surface area contributed by atoms with Gasteiger partial charge in [-0.05, 0) is 188 Å². The number of imidazole rings is 2. The molecule has 24 nitrogen and oxygen atoms in total. The fraction of sp³-hybridized carbons (Fsp3) is 0.467. The number of likely N-dealkylation sites (tertiary alicyclic amines) is 4. The fourth-order valence-electron chi connectivity index (χ4n) is 15.0. The third-order valence-corrected chi connectivity index (χ3v) is 23.6. The number of aliphatic hydroxyl groups is 1. The van der Waals surface area contributed by atoms with Crippen LogP contribution < -0.4 is 4.90 Å². The second-order valence-electron chi connectivity index (χ2n) is 35.0. The van der Waals surface area contributed by atoms with Gasteiger partial charge in [0.2, 0.25) is 0 Å². The number of aliphatic hydroxyl groups excluding tert-OH is 1. The van der Waals surface area contributed by atoms with Gasteiger partial charge in [0.05, 0.1) is 49.0 Å². The molecule has 692 valence electrons. The number of aromatic nitrogens is 4. The zero-order valence-electron chi connectivity index (χ0n) is 72.6. The van der Waals surface area contributed by atoms with E-state index in [-0.39, 0.29) is 83.1 Å². The normalized spacial score (nSPS) is 19.1. The Morgan fingerprint density at radius 1 is 0.520 bits per heavy atom. The fourth-order valence-corrected chi connectivity index (χ4v) is 17.7. The second kappa shape index (κ2) is 45.0. The number of para-hydroxylation sites is 1. The Labute approximate surface area is 768 Å². The number of hydrogen-bond acceptors (Lipinski definition) is 17. The number of carbonyl (C=O) groups excluding carboxylic acids is 5. The van der Waals surface area contributed by atoms with Gasteiger partial charge in [-0.2, -0.15) is 21.6 Å². The van der Waals surface area contributed by atoms with E-state index in [0.717, 1.165) is 66.2 Å². The third kappa shape index (κ3) is 30.8. The number of anilines is 1. The van der Waals surface area contributed by atoms with Crippen LogP contribution in [0.3, 0.4) is 0 Å². The van der Waals surface area contributed by atoms with Crippen molar-refractivity contribution < 1.29 is 106 Å². The predicted molar refractivity (Wildman–Crippen MR) is 476 cm³/mol. The summed E-state index contributed by atoms with van der Waals surface area (Å²) < 4.78 is 158. The standard InChI is InChI=1S/C20H18FN3.C19H23BrFN3O2.C17H23BrFNO5S.C16H21BrFNO3.C10H17NO3.C6H4BrF.C2HF3O2/c21-17-8-4-7-16-18-11-22-13-24(18)20(19(16)17)14-9-10-23(12-14)15-5-2-1-3-6-15;1-19(2,3)26-18(25)23-9-7-13(11-23)17(24-10-8-22-12-24)16-14(20)5-4-6-15(16)21;1-17(2,3)24-16(21)20-9-8-11(10-20)15(25-26(4,22)23)14-12(18)6-5-7-13(14)19;1-16(2,3)22-15(21)19-8-7-10(9-19)14(20)13-11(17)5-4-6-12(13)18;1-10(2,3)14-9(13)11-5-4-8(6-11)7-12;7-5-2-1-3-6(8)4-5;3-2(4,5)1(6)7/h1-8,11,13-14,20H,9-10,12H2;4-6,8,10,12-13,17H,7,9,11H2,1-3H3;5-7,11,15H,8-10H2,1-4H3;4-6,10,14,20H,7-9H2,1-3H3;7-8H,4-6H2,1-3H3;1-4H;(H,6,7). The van der Waals surface area contributed by atoms with Gasteiger partial charge in [0, 0.05) is 159 Å². The lowest BCUT2D eigenvalue weighted by Gasteiger charge is -2.28. The zero-order valence-corrected chi connectivity index (χ0v) is 79.7. The van der Waals surface area contributed by atoms with Crippen LogP contribution in [0.15, 0.2) is 177 Å². The van der Waals surface area contributed by atoms with E-state index in [1.54, 1.807) is 96.5 Å². The van der Waals surface area contributed by atoms with Gasteiger partial charge < -0.3 is 67.6 Å². The maximum absolute atomic E-state index is 14.7. The summed E-state index contributed by atoms with van der Waals surface area (Å²) in [4.78, 5) is 84.7. The molecule has 0 saturated carbocycles. The average Bonchev–Trinajstić information content (AvgIpc) is 1.58. The molecule has 0 bridgehead atoms. The molecular weight excluding hydrogens is 1950 g/mol. The van der Waals surface area contributed by atoms with E-state index in [2.05, 4.69) is 107 Å². The minimum absolute atomic E-state index is 0.0116. The number of carboxylic acid groups (broad SMARTS) is 1. The molecule has 2 N–H and O–H groups in total. The minimum atomic E-state index is -5.08. The number of carboxylic acids is 1. The topological polar surface area (TPSA) is 275 Å². The first-order valence-electron chi connectivity index (χ1n) is 40.8. The lowest BCUT2D eigenvalue weighted by molar-refractivity contribution is -0.192. The van der Waals surface area contributed by atoms with Gasteiger partial charge >= 0.3 is 36.5 Å². The van der Waals surface area contributed by atoms with E-state index in [1.807, 2.05) is 104 Å². The predicted octanol–water partition coefficient (Wildman–Crippen LogP) is 21.2. The lowest BCUT2D eigenvalue weighted by atomic mass is 9.91. The number of aldehydes is 1. The monoisotopic (exact) mass is 2050 g/mol. The Kier molecular flexibility index (Phi) is 36.6. The first-order valence-corrected chi connectivity index (χ1v) is 45.8. The van der Waals surface area contributed by atoms with E-state index in [1.165, 1.54) is 47.0 Å². The zero-order chi connectivity index (χ0) is 94.0. The maximum Gasteiger partial charge on any atom is 0.490 e. The van der Waals surface area contributed by atoms with E-state index >= 15 is 0 Å². The smallest absolute Gasteiger partial charge is 0.475 e. The van der Waals surface area contributed by atoms with Gasteiger partial charge in [-0.15, -0.1) is 0 Å². The summed E-state index contributed by atoms with van der Waals surface area (Å²) in [5.74, 6) is -4.50. The van der Waals surface area contributed by atoms with Crippen LogP contribution in [0, 0.1) is 58.7 Å². The van der Waals surface area contributed by atoms with Crippen molar-refractivity contribution in [3.63, 3.8) is 0 Å². The van der Waals surface area contributed by atoms with Gasteiger partial charge in [-0.3, -0.25) is 4.18 Å². The van der Waals surface area contributed by atoms with E-state index in [9.17, 15) is 72.6 Å². The molecule has 14 rings (SSSR count). The molecule has 6 aromatic carbocycles. The van der Waals surface area contributed by atoms with Crippen LogP contribution in [0.25, 0.3) is 11.3 Å². The number of benzene rings is 6. The Bertz CT molecular complexity index is 5080. The number of aliphatic carboxylic acids is 1. The van der Waals surface area contributed by atoms with Crippen LogP contribution in [0.1, 0.15) is 162 Å². The molecule has 0 spiro atoms. The number of halogens is 12. The molecule has 127 heavy (non-hydrogen) atoms. The summed E-state index contributed by atoms with van der Waals surface area (Å²) in [7, 11) is -3.83. The van der Waals surface area contributed by atoms with Gasteiger partial charge in [0.25, 0.3) is 10.1 Å². The Hall–Kier alpha value is -9.01. The lowest BCUT2D eigenvalue weighted by Crippen LogP contribution is -2.36. The number of amides is 4. The van der Waals surface area contributed by atoms with E-state index < -0.39 is 80.7 Å². The quantitative estimate of drug-likeness (QED) is 0.0498. The molecule has 0 radical (unpaired) electrons. The van der Waals surface area contributed by atoms with Crippen molar-refractivity contribution in [1.29, 1.82) is 0 Å². The van der Waals surface area contributed by atoms with Crippen molar-refractivity contribution in [3.8, 4) is 11.3 Å². The van der Waals surface area contributed by atoms with Gasteiger partial charge in [-0.25, -0.2) is 55.9 Å². The molecule has 2 aromatic heterocycles. The third-order valence-electron chi connectivity index (χ3n) is 20.4. The van der Waals surface area contributed by atoms with Gasteiger partial charge in [0.1, 0.15) is 63.9 Å². The number of hydrogen-bond donors (Lipinski definition) is 2. The molecular formula is C90H107Br4F8N9O15S. The number of alkyl halides is 3. The van der Waals surface area contributed by atoms with E-state index in [0.29, 0.717) is 83.6 Å². The highest BCUT2D eigenvalue weighted by atomic mass is 79.9. The first kappa shape index (κ1) is 103. The Balaban J connectivity index is 0.000000190.